The molecule has 1 nitrogen and oxygen atoms in total. The van der Waals surface area contributed by atoms with Crippen LogP contribution in [0.3, 0.4) is 0 Å². The number of halogens is 1. The molecule has 0 atom stereocenters. The molecule has 110 valence electrons. The van der Waals surface area contributed by atoms with Crippen molar-refractivity contribution in [3.63, 3.8) is 0 Å². The van der Waals surface area contributed by atoms with Gasteiger partial charge in [0.2, 0.25) is 0 Å². The Morgan fingerprint density at radius 1 is 1.00 bits per heavy atom. The molecule has 1 fully saturated rings. The van der Waals surface area contributed by atoms with Gasteiger partial charge < -0.3 is 0 Å². The van der Waals surface area contributed by atoms with Gasteiger partial charge in [0.15, 0.2) is 5.78 Å². The van der Waals surface area contributed by atoms with Crippen molar-refractivity contribution in [2.45, 2.75) is 44.9 Å². The maximum atomic E-state index is 12.6. The maximum Gasteiger partial charge on any atom is 0.163 e. The average Bonchev–Trinajstić information content (AvgIpc) is 2.54. The Bertz CT molecular complexity index is 641. The predicted molar refractivity (Wildman–Crippen MR) is 89.1 cm³/mol. The number of fused-ring (bicyclic) bond motifs is 1. The summed E-state index contributed by atoms with van der Waals surface area (Å²) in [6, 6.07) is 11.6. The molecule has 0 heterocycles. The van der Waals surface area contributed by atoms with Gasteiger partial charge in [0, 0.05) is 22.4 Å². The smallest absolute Gasteiger partial charge is 0.163 e. The Kier molecular flexibility index (Phi) is 4.60. The lowest BCUT2D eigenvalue weighted by Crippen LogP contribution is -2.09. The second-order valence-electron chi connectivity index (χ2n) is 6.11. The Morgan fingerprint density at radius 3 is 2.48 bits per heavy atom. The van der Waals surface area contributed by atoms with E-state index in [9.17, 15) is 4.79 Å². The van der Waals surface area contributed by atoms with Crippen molar-refractivity contribution < 1.29 is 4.79 Å². The minimum absolute atomic E-state index is 0.258. The lowest BCUT2D eigenvalue weighted by atomic mass is 9.85. The van der Waals surface area contributed by atoms with E-state index >= 15 is 0 Å². The molecule has 0 spiro atoms. The lowest BCUT2D eigenvalue weighted by Gasteiger charge is -2.21. The third-order valence-corrected chi connectivity index (χ3v) is 5.01. The van der Waals surface area contributed by atoms with E-state index in [1.54, 1.807) is 0 Å². The first kappa shape index (κ1) is 14.6. The highest BCUT2D eigenvalue weighted by Crippen LogP contribution is 2.30. The zero-order valence-corrected chi connectivity index (χ0v) is 13.0. The molecule has 1 aliphatic rings. The molecule has 0 amide bonds. The molecule has 3 rings (SSSR count). The second-order valence-corrected chi connectivity index (χ2v) is 6.51. The molecule has 2 aromatic rings. The summed E-state index contributed by atoms with van der Waals surface area (Å²) in [5.74, 6) is 1.01. The van der Waals surface area contributed by atoms with Crippen molar-refractivity contribution in [3.8, 4) is 0 Å². The van der Waals surface area contributed by atoms with Gasteiger partial charge in [-0.3, -0.25) is 4.79 Å². The number of rotatable bonds is 4. The summed E-state index contributed by atoms with van der Waals surface area (Å²) in [6.45, 7) is 0. The zero-order valence-electron chi connectivity index (χ0n) is 12.3. The molecule has 0 N–H and O–H groups in total. The zero-order chi connectivity index (χ0) is 14.7. The molecule has 0 aromatic heterocycles. The monoisotopic (exact) mass is 300 g/mol. The van der Waals surface area contributed by atoms with Crippen LogP contribution in [0, 0.1) is 5.92 Å². The summed E-state index contributed by atoms with van der Waals surface area (Å²) >= 11 is 6.22. The lowest BCUT2D eigenvalue weighted by molar-refractivity contribution is 0.0972. The van der Waals surface area contributed by atoms with Crippen LogP contribution in [0.15, 0.2) is 36.4 Å². The van der Waals surface area contributed by atoms with Crippen LogP contribution in [-0.4, -0.2) is 5.78 Å². The Morgan fingerprint density at radius 2 is 1.71 bits per heavy atom. The van der Waals surface area contributed by atoms with E-state index in [0.29, 0.717) is 6.42 Å². The van der Waals surface area contributed by atoms with Gasteiger partial charge in [-0.05, 0) is 29.9 Å². The fourth-order valence-corrected chi connectivity index (χ4v) is 3.68. The molecule has 0 aliphatic heterocycles. The maximum absolute atomic E-state index is 12.6. The quantitative estimate of drug-likeness (QED) is 0.629. The minimum Gasteiger partial charge on any atom is -0.294 e. The van der Waals surface area contributed by atoms with Crippen molar-refractivity contribution in [2.75, 3.05) is 0 Å². The van der Waals surface area contributed by atoms with Crippen LogP contribution < -0.4 is 0 Å². The first-order valence-electron chi connectivity index (χ1n) is 7.96. The molecule has 2 heteroatoms. The summed E-state index contributed by atoms with van der Waals surface area (Å²) < 4.78 is 0. The van der Waals surface area contributed by atoms with Gasteiger partial charge in [0.05, 0.1) is 0 Å². The fraction of sp³-hybridized carbons (Fsp3) is 0.421. The Labute approximate surface area is 131 Å². The number of hydrogen-bond acceptors (Lipinski definition) is 1. The van der Waals surface area contributed by atoms with Crippen molar-refractivity contribution in [1.82, 2.24) is 0 Å². The number of Topliss-reactive ketones (excluding diaryl/α,β-unsaturated/α-hetero) is 1. The molecule has 0 unspecified atom stereocenters. The number of benzene rings is 2. The van der Waals surface area contributed by atoms with Gasteiger partial charge in [-0.1, -0.05) is 68.0 Å². The number of carbonyl (C=O) groups is 1. The fourth-order valence-electron chi connectivity index (χ4n) is 3.45. The molecule has 1 saturated carbocycles. The largest absolute Gasteiger partial charge is 0.294 e. The third kappa shape index (κ3) is 3.29. The molecule has 2 aromatic carbocycles. The average molecular weight is 301 g/mol. The first-order chi connectivity index (χ1) is 10.3. The number of ketones is 1. The van der Waals surface area contributed by atoms with E-state index in [1.165, 1.54) is 32.1 Å². The number of carbonyl (C=O) groups excluding carboxylic acids is 1. The predicted octanol–water partition coefficient (Wildman–Crippen LogP) is 6.04. The summed E-state index contributed by atoms with van der Waals surface area (Å²) in [5, 5.41) is 2.68. The van der Waals surface area contributed by atoms with Crippen LogP contribution in [-0.2, 0) is 0 Å². The third-order valence-electron chi connectivity index (χ3n) is 4.68. The highest BCUT2D eigenvalue weighted by Gasteiger charge is 2.17. The van der Waals surface area contributed by atoms with Crippen molar-refractivity contribution in [2.24, 2.45) is 5.92 Å². The van der Waals surface area contributed by atoms with Crippen LogP contribution in [0.2, 0.25) is 5.02 Å². The van der Waals surface area contributed by atoms with E-state index in [-0.39, 0.29) is 5.78 Å². The van der Waals surface area contributed by atoms with Crippen LogP contribution >= 0.6 is 11.6 Å². The number of hydrogen-bond donors (Lipinski definition) is 0. The normalized spacial score (nSPS) is 16.2. The van der Waals surface area contributed by atoms with Gasteiger partial charge in [-0.15, -0.1) is 0 Å². The van der Waals surface area contributed by atoms with E-state index in [1.807, 2.05) is 36.4 Å². The van der Waals surface area contributed by atoms with E-state index < -0.39 is 0 Å². The van der Waals surface area contributed by atoms with Crippen LogP contribution in [0.4, 0.5) is 0 Å². The van der Waals surface area contributed by atoms with E-state index in [4.69, 9.17) is 11.6 Å². The standard InChI is InChI=1S/C19H21ClO/c20-18-12-11-17(15-8-4-5-9-16(15)18)19(21)13-10-14-6-2-1-3-7-14/h4-5,8-9,11-12,14H,1-3,6-7,10,13H2. The highest BCUT2D eigenvalue weighted by atomic mass is 35.5. The summed E-state index contributed by atoms with van der Waals surface area (Å²) in [6.07, 6.45) is 8.34. The molecular weight excluding hydrogens is 280 g/mol. The summed E-state index contributed by atoms with van der Waals surface area (Å²) in [4.78, 5) is 12.6. The molecule has 21 heavy (non-hydrogen) atoms. The minimum atomic E-state index is 0.258. The molecule has 0 radical (unpaired) electrons. The van der Waals surface area contributed by atoms with Crippen molar-refractivity contribution in [1.29, 1.82) is 0 Å². The summed E-state index contributed by atoms with van der Waals surface area (Å²) in [7, 11) is 0. The molecule has 1 aliphatic carbocycles. The molecular formula is C19H21ClO. The SMILES string of the molecule is O=C(CCC1CCCCC1)c1ccc(Cl)c2ccccc12. The van der Waals surface area contributed by atoms with Gasteiger partial charge in [0.25, 0.3) is 0 Å². The van der Waals surface area contributed by atoms with E-state index in [0.717, 1.165) is 33.7 Å². The topological polar surface area (TPSA) is 17.1 Å². The van der Waals surface area contributed by atoms with Gasteiger partial charge in [-0.25, -0.2) is 0 Å². The van der Waals surface area contributed by atoms with Crippen molar-refractivity contribution in [3.05, 3.63) is 47.0 Å². The van der Waals surface area contributed by atoms with E-state index in [2.05, 4.69) is 0 Å². The highest BCUT2D eigenvalue weighted by molar-refractivity contribution is 6.36. The second kappa shape index (κ2) is 6.62. The van der Waals surface area contributed by atoms with Gasteiger partial charge in [0.1, 0.15) is 0 Å². The van der Waals surface area contributed by atoms with Crippen LogP contribution in [0.25, 0.3) is 10.8 Å². The Hall–Kier alpha value is -1.34. The van der Waals surface area contributed by atoms with Crippen molar-refractivity contribution >= 4 is 28.2 Å². The Balaban J connectivity index is 1.77. The summed E-state index contributed by atoms with van der Waals surface area (Å²) in [5.41, 5.74) is 0.825. The molecule has 0 saturated heterocycles. The first-order valence-corrected chi connectivity index (χ1v) is 8.34. The van der Waals surface area contributed by atoms with Crippen LogP contribution in [0.1, 0.15) is 55.3 Å². The van der Waals surface area contributed by atoms with Gasteiger partial charge >= 0.3 is 0 Å². The van der Waals surface area contributed by atoms with Crippen LogP contribution in [0.5, 0.6) is 0 Å². The van der Waals surface area contributed by atoms with Gasteiger partial charge in [-0.2, -0.15) is 0 Å². The molecule has 0 bridgehead atoms.